The van der Waals surface area contributed by atoms with Crippen molar-refractivity contribution in [2.45, 2.75) is 32.3 Å². The van der Waals surface area contributed by atoms with Crippen LogP contribution in [0.2, 0.25) is 10.0 Å². The Morgan fingerprint density at radius 1 is 1.48 bits per heavy atom. The van der Waals surface area contributed by atoms with Crippen molar-refractivity contribution in [1.82, 2.24) is 9.88 Å². The van der Waals surface area contributed by atoms with Gasteiger partial charge < -0.3 is 20.3 Å². The number of aliphatic hydroxyl groups excluding tert-OH is 1. The van der Waals surface area contributed by atoms with Crippen molar-refractivity contribution in [3.05, 3.63) is 27.4 Å². The molecule has 2 atom stereocenters. The lowest BCUT2D eigenvalue weighted by molar-refractivity contribution is -0.123. The van der Waals surface area contributed by atoms with Crippen LogP contribution in [0.1, 0.15) is 31.0 Å². The third-order valence-electron chi connectivity index (χ3n) is 4.64. The highest BCUT2D eigenvalue weighted by Crippen LogP contribution is 2.43. The number of aryl methyl sites for hydroxylation is 1. The van der Waals surface area contributed by atoms with Gasteiger partial charge in [-0.05, 0) is 25.5 Å². The maximum atomic E-state index is 12.3. The Kier molecular flexibility index (Phi) is 4.70. The van der Waals surface area contributed by atoms with E-state index in [1.165, 1.54) is 6.92 Å². The molecule has 0 saturated heterocycles. The van der Waals surface area contributed by atoms with Crippen LogP contribution in [0, 0.1) is 0 Å². The molecule has 0 aliphatic carbocycles. The molecular weight excluding hydrogens is 365 g/mol. The Labute approximate surface area is 155 Å². The molecule has 0 spiro atoms. The number of anilines is 1. The topological polar surface area (TPSA) is 83.4 Å². The molecule has 1 aliphatic heterocycles. The second-order valence-electron chi connectivity index (χ2n) is 6.29. The van der Waals surface area contributed by atoms with Gasteiger partial charge in [-0.3, -0.25) is 9.59 Å². The first-order valence-corrected chi connectivity index (χ1v) is 8.75. The lowest BCUT2D eigenvalue weighted by Crippen LogP contribution is -2.27. The van der Waals surface area contributed by atoms with Crippen molar-refractivity contribution >= 4 is 51.6 Å². The Bertz CT molecular complexity index is 889. The number of carbonyl (C=O) groups excluding carboxylic acids is 2. The minimum absolute atomic E-state index is 0.0786. The Hall–Kier alpha value is -1.76. The molecule has 3 N–H and O–H groups in total. The largest absolute Gasteiger partial charge is 0.384 e. The fourth-order valence-corrected chi connectivity index (χ4v) is 3.83. The molecular formula is C17H19Cl2N3O3. The number of rotatable bonds is 2. The number of hydrogen-bond donors (Lipinski definition) is 3. The second kappa shape index (κ2) is 6.52. The molecule has 134 valence electrons. The number of halogens is 2. The molecule has 1 aromatic carbocycles. The van der Waals surface area contributed by atoms with Crippen LogP contribution in [-0.2, 0) is 23.1 Å². The number of nitrogens with zero attached hydrogens (tertiary/aromatic N) is 1. The van der Waals surface area contributed by atoms with Crippen LogP contribution in [0.15, 0.2) is 6.07 Å². The van der Waals surface area contributed by atoms with Crippen LogP contribution in [0.3, 0.4) is 0 Å². The number of hydrogen-bond acceptors (Lipinski definition) is 3. The summed E-state index contributed by atoms with van der Waals surface area (Å²) in [6.07, 6.45) is -0.526. The van der Waals surface area contributed by atoms with Gasteiger partial charge in [0.15, 0.2) is 0 Å². The summed E-state index contributed by atoms with van der Waals surface area (Å²) in [5.41, 5.74) is 2.90. The normalized spacial score (nSPS) is 18.5. The van der Waals surface area contributed by atoms with E-state index in [4.69, 9.17) is 23.2 Å². The average Bonchev–Trinajstić information content (AvgIpc) is 2.75. The first-order valence-electron chi connectivity index (χ1n) is 7.99. The van der Waals surface area contributed by atoms with Gasteiger partial charge in [0.05, 0.1) is 27.2 Å². The zero-order chi connectivity index (χ0) is 18.5. The van der Waals surface area contributed by atoms with Crippen molar-refractivity contribution in [3.8, 4) is 0 Å². The van der Waals surface area contributed by atoms with Crippen LogP contribution in [0.5, 0.6) is 0 Å². The SMILES string of the molecule is C[C@H](O)C(=O)Nc1cc(Cl)c(Cl)c2c1c1c(n2C)CCNC(=O)[C@@H]1C. The van der Waals surface area contributed by atoms with Gasteiger partial charge in [0.25, 0.3) is 5.91 Å². The third kappa shape index (κ3) is 2.88. The zero-order valence-electron chi connectivity index (χ0n) is 14.1. The summed E-state index contributed by atoms with van der Waals surface area (Å²) in [5, 5.41) is 16.5. The number of nitrogens with one attached hydrogen (secondary N) is 2. The fraction of sp³-hybridized carbons (Fsp3) is 0.412. The Morgan fingerprint density at radius 3 is 2.80 bits per heavy atom. The first-order chi connectivity index (χ1) is 11.7. The molecule has 0 fully saturated rings. The molecule has 2 aromatic rings. The van der Waals surface area contributed by atoms with Gasteiger partial charge in [-0.2, -0.15) is 0 Å². The predicted octanol–water partition coefficient (Wildman–Crippen LogP) is 2.58. The van der Waals surface area contributed by atoms with E-state index in [1.54, 1.807) is 6.07 Å². The summed E-state index contributed by atoms with van der Waals surface area (Å²) in [7, 11) is 1.87. The monoisotopic (exact) mass is 383 g/mol. The number of fused-ring (bicyclic) bond motifs is 3. The molecule has 8 heteroatoms. The smallest absolute Gasteiger partial charge is 0.252 e. The van der Waals surface area contributed by atoms with Crippen LogP contribution < -0.4 is 10.6 Å². The minimum Gasteiger partial charge on any atom is -0.384 e. The standard InChI is InChI=1S/C17H19Cl2N3O3/c1-7-12-11(4-5-20-16(7)24)22(3)15-13(12)10(6-9(18)14(15)19)21-17(25)8(2)23/h6-8,23H,4-5H2,1-3H3,(H,20,24)(H,21,25)/t7-,8+/m1/s1. The van der Waals surface area contributed by atoms with E-state index in [9.17, 15) is 14.7 Å². The average molecular weight is 384 g/mol. The molecule has 1 aliphatic rings. The lowest BCUT2D eigenvalue weighted by atomic mass is 9.96. The van der Waals surface area contributed by atoms with Gasteiger partial charge in [-0.15, -0.1) is 0 Å². The maximum absolute atomic E-state index is 12.3. The quantitative estimate of drug-likeness (QED) is 0.744. The van der Waals surface area contributed by atoms with Gasteiger partial charge in [0, 0.05) is 31.1 Å². The summed E-state index contributed by atoms with van der Waals surface area (Å²) in [6, 6.07) is 1.56. The van der Waals surface area contributed by atoms with Crippen LogP contribution in [0.25, 0.3) is 10.9 Å². The fourth-order valence-electron chi connectivity index (χ4n) is 3.35. The van der Waals surface area contributed by atoms with Crippen LogP contribution >= 0.6 is 23.2 Å². The van der Waals surface area contributed by atoms with Crippen LogP contribution in [0.4, 0.5) is 5.69 Å². The molecule has 25 heavy (non-hydrogen) atoms. The zero-order valence-corrected chi connectivity index (χ0v) is 15.6. The summed E-state index contributed by atoms with van der Waals surface area (Å²) in [5.74, 6) is -1.03. The van der Waals surface area contributed by atoms with Gasteiger partial charge in [-0.1, -0.05) is 23.2 Å². The summed E-state index contributed by atoms with van der Waals surface area (Å²) >= 11 is 12.7. The molecule has 2 heterocycles. The lowest BCUT2D eigenvalue weighted by Gasteiger charge is -2.14. The molecule has 0 bridgehead atoms. The number of benzene rings is 1. The second-order valence-corrected chi connectivity index (χ2v) is 7.08. The van der Waals surface area contributed by atoms with E-state index >= 15 is 0 Å². The summed E-state index contributed by atoms with van der Waals surface area (Å²) in [6.45, 7) is 3.73. The van der Waals surface area contributed by atoms with E-state index < -0.39 is 17.9 Å². The number of aromatic nitrogens is 1. The van der Waals surface area contributed by atoms with E-state index in [0.717, 1.165) is 11.3 Å². The van der Waals surface area contributed by atoms with Gasteiger partial charge >= 0.3 is 0 Å². The molecule has 0 radical (unpaired) electrons. The minimum atomic E-state index is -1.17. The van der Waals surface area contributed by atoms with E-state index in [1.807, 2.05) is 18.5 Å². The van der Waals surface area contributed by atoms with Gasteiger partial charge in [0.1, 0.15) is 6.10 Å². The number of amides is 2. The van der Waals surface area contributed by atoms with Crippen molar-refractivity contribution in [2.75, 3.05) is 11.9 Å². The van der Waals surface area contributed by atoms with Crippen molar-refractivity contribution in [3.63, 3.8) is 0 Å². The van der Waals surface area contributed by atoms with Crippen LogP contribution in [-0.4, -0.2) is 34.1 Å². The third-order valence-corrected chi connectivity index (χ3v) is 5.42. The highest BCUT2D eigenvalue weighted by Gasteiger charge is 2.30. The maximum Gasteiger partial charge on any atom is 0.252 e. The van der Waals surface area contributed by atoms with E-state index in [-0.39, 0.29) is 5.91 Å². The molecule has 0 saturated carbocycles. The molecule has 0 unspecified atom stereocenters. The molecule has 1 aromatic heterocycles. The molecule has 2 amide bonds. The predicted molar refractivity (Wildman–Crippen MR) is 98.4 cm³/mol. The highest BCUT2D eigenvalue weighted by molar-refractivity contribution is 6.46. The number of carbonyl (C=O) groups is 2. The van der Waals surface area contributed by atoms with Gasteiger partial charge in [0.2, 0.25) is 5.91 Å². The first kappa shape index (κ1) is 18.0. The van der Waals surface area contributed by atoms with Crippen molar-refractivity contribution in [2.24, 2.45) is 7.05 Å². The van der Waals surface area contributed by atoms with E-state index in [0.29, 0.717) is 39.6 Å². The van der Waals surface area contributed by atoms with Gasteiger partial charge in [-0.25, -0.2) is 0 Å². The summed E-state index contributed by atoms with van der Waals surface area (Å²) < 4.78 is 1.92. The molecule has 6 nitrogen and oxygen atoms in total. The van der Waals surface area contributed by atoms with E-state index in [2.05, 4.69) is 10.6 Å². The highest BCUT2D eigenvalue weighted by atomic mass is 35.5. The Morgan fingerprint density at radius 2 is 2.16 bits per heavy atom. The Balaban J connectivity index is 2.36. The van der Waals surface area contributed by atoms with Crippen molar-refractivity contribution < 1.29 is 14.7 Å². The summed E-state index contributed by atoms with van der Waals surface area (Å²) in [4.78, 5) is 24.3. The number of aliphatic hydroxyl groups is 1. The van der Waals surface area contributed by atoms with Crippen molar-refractivity contribution in [1.29, 1.82) is 0 Å². The molecule has 3 rings (SSSR count).